The largest absolute Gasteiger partial charge is 0.354 e. The Hall–Kier alpha value is -0.610. The first-order valence-electron chi connectivity index (χ1n) is 7.76. The molecule has 2 saturated heterocycles. The molecule has 0 aliphatic carbocycles. The fourth-order valence-electron chi connectivity index (χ4n) is 2.98. The third kappa shape index (κ3) is 3.69. The van der Waals surface area contributed by atoms with Gasteiger partial charge in [-0.05, 0) is 39.2 Å². The normalized spacial score (nSPS) is 25.9. The number of nitrogens with zero attached hydrogens (tertiary/aromatic N) is 1. The highest BCUT2D eigenvalue weighted by Gasteiger charge is 2.32. The molecule has 0 radical (unpaired) electrons. The minimum absolute atomic E-state index is 0.0701. The van der Waals surface area contributed by atoms with E-state index >= 15 is 0 Å². The Morgan fingerprint density at radius 2 is 2.16 bits per heavy atom. The zero-order chi connectivity index (χ0) is 13.9. The molecule has 2 N–H and O–H groups in total. The van der Waals surface area contributed by atoms with Crippen LogP contribution in [0.15, 0.2) is 0 Å². The van der Waals surface area contributed by atoms with Crippen LogP contribution >= 0.6 is 0 Å². The minimum atomic E-state index is 0.0701. The van der Waals surface area contributed by atoms with Gasteiger partial charge in [-0.1, -0.05) is 13.3 Å². The van der Waals surface area contributed by atoms with E-state index in [9.17, 15) is 4.79 Å². The van der Waals surface area contributed by atoms with E-state index in [-0.39, 0.29) is 17.4 Å². The van der Waals surface area contributed by atoms with Crippen molar-refractivity contribution in [2.75, 3.05) is 32.7 Å². The van der Waals surface area contributed by atoms with E-state index in [1.54, 1.807) is 0 Å². The molecule has 1 atom stereocenters. The molecule has 0 aromatic carbocycles. The van der Waals surface area contributed by atoms with E-state index in [1.165, 1.54) is 32.4 Å². The molecule has 2 aliphatic heterocycles. The lowest BCUT2D eigenvalue weighted by molar-refractivity contribution is -0.127. The molecule has 0 saturated carbocycles. The fraction of sp³-hybridized carbons (Fsp3) is 0.933. The lowest BCUT2D eigenvalue weighted by Crippen LogP contribution is -2.57. The van der Waals surface area contributed by atoms with E-state index in [4.69, 9.17) is 0 Å². The van der Waals surface area contributed by atoms with Crippen LogP contribution in [0.25, 0.3) is 0 Å². The first-order chi connectivity index (χ1) is 9.03. The summed E-state index contributed by atoms with van der Waals surface area (Å²) in [6.07, 6.45) is 3.93. The average Bonchev–Trinajstić information content (AvgIpc) is 2.34. The van der Waals surface area contributed by atoms with E-state index in [1.807, 2.05) is 0 Å². The number of amides is 1. The topological polar surface area (TPSA) is 44.4 Å². The standard InChI is InChI=1S/C15H29N3O/c1-4-12-6-5-7-18(10-12)15(2,3)11-17-14(19)13-8-16-9-13/h12-13,16H,4-11H2,1-3H3,(H,17,19). The maximum absolute atomic E-state index is 11.9. The van der Waals surface area contributed by atoms with Crippen LogP contribution in [-0.2, 0) is 4.79 Å². The van der Waals surface area contributed by atoms with Gasteiger partial charge in [-0.3, -0.25) is 9.69 Å². The van der Waals surface area contributed by atoms with Gasteiger partial charge in [0.15, 0.2) is 0 Å². The highest BCUT2D eigenvalue weighted by Crippen LogP contribution is 2.25. The summed E-state index contributed by atoms with van der Waals surface area (Å²) in [6.45, 7) is 11.6. The Morgan fingerprint density at radius 3 is 2.74 bits per heavy atom. The molecular formula is C15H29N3O. The monoisotopic (exact) mass is 267 g/mol. The molecule has 0 aromatic heterocycles. The number of carbonyl (C=O) groups excluding carboxylic acids is 1. The Bertz CT molecular complexity index is 313. The smallest absolute Gasteiger partial charge is 0.225 e. The van der Waals surface area contributed by atoms with Gasteiger partial charge in [-0.2, -0.15) is 0 Å². The predicted octanol–water partition coefficient (Wildman–Crippen LogP) is 1.22. The predicted molar refractivity (Wildman–Crippen MR) is 78.0 cm³/mol. The molecule has 1 unspecified atom stereocenters. The summed E-state index contributed by atoms with van der Waals surface area (Å²) in [5, 5.41) is 6.28. The van der Waals surface area contributed by atoms with Gasteiger partial charge in [-0.15, -0.1) is 0 Å². The maximum Gasteiger partial charge on any atom is 0.225 e. The number of nitrogens with one attached hydrogen (secondary N) is 2. The number of rotatable bonds is 5. The van der Waals surface area contributed by atoms with Crippen molar-refractivity contribution in [3.05, 3.63) is 0 Å². The van der Waals surface area contributed by atoms with Gasteiger partial charge >= 0.3 is 0 Å². The zero-order valence-corrected chi connectivity index (χ0v) is 12.7. The molecule has 0 aromatic rings. The molecule has 4 nitrogen and oxygen atoms in total. The summed E-state index contributed by atoms with van der Waals surface area (Å²) in [5.41, 5.74) is 0.0701. The molecule has 4 heteroatoms. The quantitative estimate of drug-likeness (QED) is 0.787. The van der Waals surface area contributed by atoms with E-state index < -0.39 is 0 Å². The number of piperidine rings is 1. The highest BCUT2D eigenvalue weighted by atomic mass is 16.2. The Labute approximate surface area is 117 Å². The van der Waals surface area contributed by atoms with Crippen molar-refractivity contribution in [3.63, 3.8) is 0 Å². The van der Waals surface area contributed by atoms with Crippen molar-refractivity contribution in [1.29, 1.82) is 0 Å². The van der Waals surface area contributed by atoms with Crippen molar-refractivity contribution in [3.8, 4) is 0 Å². The number of likely N-dealkylation sites (tertiary alicyclic amines) is 1. The van der Waals surface area contributed by atoms with Gasteiger partial charge in [0, 0.05) is 31.7 Å². The van der Waals surface area contributed by atoms with Gasteiger partial charge in [0.1, 0.15) is 0 Å². The summed E-state index contributed by atoms with van der Waals surface area (Å²) in [6, 6.07) is 0. The molecule has 2 rings (SSSR count). The SMILES string of the molecule is CCC1CCCN(C(C)(C)CNC(=O)C2CNC2)C1. The van der Waals surface area contributed by atoms with Crippen LogP contribution in [0.1, 0.15) is 40.0 Å². The van der Waals surface area contributed by atoms with Crippen LogP contribution in [-0.4, -0.2) is 49.1 Å². The maximum atomic E-state index is 11.9. The zero-order valence-electron chi connectivity index (χ0n) is 12.7. The van der Waals surface area contributed by atoms with Crippen molar-refractivity contribution in [2.45, 2.75) is 45.6 Å². The number of carbonyl (C=O) groups is 1. The Morgan fingerprint density at radius 1 is 1.42 bits per heavy atom. The second kappa shape index (κ2) is 6.23. The molecular weight excluding hydrogens is 238 g/mol. The summed E-state index contributed by atoms with van der Waals surface area (Å²) in [5.74, 6) is 1.25. The van der Waals surface area contributed by atoms with Crippen molar-refractivity contribution >= 4 is 5.91 Å². The first kappa shape index (κ1) is 14.8. The molecule has 2 heterocycles. The van der Waals surface area contributed by atoms with E-state index in [2.05, 4.69) is 36.3 Å². The Kier molecular flexibility index (Phi) is 4.85. The van der Waals surface area contributed by atoms with Crippen LogP contribution in [0, 0.1) is 11.8 Å². The third-order valence-corrected chi connectivity index (χ3v) is 4.80. The lowest BCUT2D eigenvalue weighted by atomic mass is 9.90. The summed E-state index contributed by atoms with van der Waals surface area (Å²) in [4.78, 5) is 14.5. The van der Waals surface area contributed by atoms with Gasteiger partial charge < -0.3 is 10.6 Å². The number of hydrogen-bond donors (Lipinski definition) is 2. The minimum Gasteiger partial charge on any atom is -0.354 e. The second-order valence-electron chi connectivity index (χ2n) is 6.75. The average molecular weight is 267 g/mol. The lowest BCUT2D eigenvalue weighted by Gasteiger charge is -2.44. The van der Waals surface area contributed by atoms with Crippen molar-refractivity contribution in [2.24, 2.45) is 11.8 Å². The van der Waals surface area contributed by atoms with Crippen LogP contribution in [0.5, 0.6) is 0 Å². The molecule has 110 valence electrons. The van der Waals surface area contributed by atoms with Gasteiger partial charge in [0.25, 0.3) is 0 Å². The summed E-state index contributed by atoms with van der Waals surface area (Å²) in [7, 11) is 0. The molecule has 0 bridgehead atoms. The summed E-state index contributed by atoms with van der Waals surface area (Å²) >= 11 is 0. The molecule has 2 fully saturated rings. The molecule has 19 heavy (non-hydrogen) atoms. The van der Waals surface area contributed by atoms with Gasteiger partial charge in [0.2, 0.25) is 5.91 Å². The summed E-state index contributed by atoms with van der Waals surface area (Å²) < 4.78 is 0. The Balaban J connectivity index is 1.80. The van der Waals surface area contributed by atoms with Crippen LogP contribution < -0.4 is 10.6 Å². The van der Waals surface area contributed by atoms with Crippen molar-refractivity contribution < 1.29 is 4.79 Å². The molecule has 2 aliphatic rings. The first-order valence-corrected chi connectivity index (χ1v) is 7.76. The van der Waals surface area contributed by atoms with Crippen molar-refractivity contribution in [1.82, 2.24) is 15.5 Å². The highest BCUT2D eigenvalue weighted by molar-refractivity contribution is 5.80. The molecule has 0 spiro atoms. The van der Waals surface area contributed by atoms with E-state index in [0.29, 0.717) is 0 Å². The third-order valence-electron chi connectivity index (χ3n) is 4.80. The van der Waals surface area contributed by atoms with Crippen LogP contribution in [0.4, 0.5) is 0 Å². The second-order valence-corrected chi connectivity index (χ2v) is 6.75. The van der Waals surface area contributed by atoms with Crippen LogP contribution in [0.2, 0.25) is 0 Å². The van der Waals surface area contributed by atoms with E-state index in [0.717, 1.165) is 25.6 Å². The van der Waals surface area contributed by atoms with Gasteiger partial charge in [-0.25, -0.2) is 0 Å². The number of hydrogen-bond acceptors (Lipinski definition) is 3. The molecule has 1 amide bonds. The van der Waals surface area contributed by atoms with Crippen LogP contribution in [0.3, 0.4) is 0 Å². The fourth-order valence-corrected chi connectivity index (χ4v) is 2.98. The van der Waals surface area contributed by atoms with Gasteiger partial charge in [0.05, 0.1) is 5.92 Å².